The van der Waals surface area contributed by atoms with Crippen LogP contribution >= 0.6 is 0 Å². The normalized spacial score (nSPS) is 10.4. The molecule has 24 heavy (non-hydrogen) atoms. The van der Waals surface area contributed by atoms with Crippen molar-refractivity contribution in [3.05, 3.63) is 70.9 Å². The number of aliphatic imine (C=N–C) groups is 1. The van der Waals surface area contributed by atoms with Crippen LogP contribution in [0.1, 0.15) is 5.56 Å². The van der Waals surface area contributed by atoms with Gasteiger partial charge in [-0.2, -0.15) is 5.10 Å². The van der Waals surface area contributed by atoms with Crippen molar-refractivity contribution in [3.8, 4) is 5.69 Å². The molecule has 0 bridgehead atoms. The zero-order chi connectivity index (χ0) is 17.5. The first-order valence-electron chi connectivity index (χ1n) is 7.29. The number of nitrogen functional groups attached to an aromatic ring is 1. The number of nitrogens with two attached hydrogens (primary N) is 2. The molecule has 0 atom stereocenters. The molecule has 0 saturated heterocycles. The highest BCUT2D eigenvalue weighted by Crippen LogP contribution is 2.24. The summed E-state index contributed by atoms with van der Waals surface area (Å²) in [7, 11) is 1.57. The van der Waals surface area contributed by atoms with E-state index in [9.17, 15) is 4.79 Å². The van der Waals surface area contributed by atoms with Crippen LogP contribution in [0.3, 0.4) is 0 Å². The lowest BCUT2D eigenvalue weighted by atomic mass is 10.2. The third kappa shape index (κ3) is 4.10. The minimum absolute atomic E-state index is 0.261. The van der Waals surface area contributed by atoms with E-state index < -0.39 is 0 Å². The van der Waals surface area contributed by atoms with Gasteiger partial charge in [-0.15, -0.1) is 0 Å². The van der Waals surface area contributed by atoms with Crippen LogP contribution in [0.15, 0.2) is 64.6 Å². The fourth-order valence-electron chi connectivity index (χ4n) is 2.01. The molecule has 124 valence electrons. The smallest absolute Gasteiger partial charge is 0.350 e. The Morgan fingerprint density at radius 2 is 1.88 bits per heavy atom. The Kier molecular flexibility index (Phi) is 5.51. The summed E-state index contributed by atoms with van der Waals surface area (Å²) in [6.45, 7) is 2.08. The number of nitrogens with zero attached hydrogens (tertiary/aromatic N) is 4. The first-order chi connectivity index (χ1) is 11.5. The Morgan fingerprint density at radius 1 is 1.17 bits per heavy atom. The highest BCUT2D eigenvalue weighted by Gasteiger charge is 2.08. The number of benzene rings is 2. The van der Waals surface area contributed by atoms with E-state index in [0.29, 0.717) is 17.1 Å². The van der Waals surface area contributed by atoms with Crippen LogP contribution in [-0.4, -0.2) is 20.7 Å². The second kappa shape index (κ2) is 7.77. The molecule has 3 rings (SSSR count). The van der Waals surface area contributed by atoms with Crippen LogP contribution < -0.4 is 17.2 Å². The predicted octanol–water partition coefficient (Wildman–Crippen LogP) is 1.77. The van der Waals surface area contributed by atoms with Gasteiger partial charge in [-0.05, 0) is 25.1 Å². The third-order valence-electron chi connectivity index (χ3n) is 3.24. The van der Waals surface area contributed by atoms with E-state index in [1.165, 1.54) is 21.1 Å². The van der Waals surface area contributed by atoms with Crippen molar-refractivity contribution in [1.82, 2.24) is 14.3 Å². The van der Waals surface area contributed by atoms with E-state index in [0.717, 1.165) is 6.34 Å². The van der Waals surface area contributed by atoms with E-state index in [4.69, 9.17) is 11.5 Å². The molecule has 7 heteroatoms. The average molecular weight is 324 g/mol. The van der Waals surface area contributed by atoms with Gasteiger partial charge < -0.3 is 11.5 Å². The molecule has 0 amide bonds. The van der Waals surface area contributed by atoms with Crippen LogP contribution in [0.2, 0.25) is 0 Å². The zero-order valence-electron chi connectivity index (χ0n) is 13.6. The summed E-state index contributed by atoms with van der Waals surface area (Å²) in [5.74, 6) is 0. The fourth-order valence-corrected chi connectivity index (χ4v) is 2.01. The van der Waals surface area contributed by atoms with Gasteiger partial charge in [0.05, 0.1) is 17.7 Å². The monoisotopic (exact) mass is 324 g/mol. The molecule has 0 fully saturated rings. The van der Waals surface area contributed by atoms with Gasteiger partial charge in [0.2, 0.25) is 0 Å². The quantitative estimate of drug-likeness (QED) is 0.426. The molecule has 3 aromatic rings. The number of anilines is 1. The molecule has 2 aromatic carbocycles. The van der Waals surface area contributed by atoms with Crippen molar-refractivity contribution in [2.24, 2.45) is 17.8 Å². The van der Waals surface area contributed by atoms with Gasteiger partial charge in [-0.3, -0.25) is 0 Å². The van der Waals surface area contributed by atoms with Gasteiger partial charge in [-0.1, -0.05) is 35.9 Å². The zero-order valence-corrected chi connectivity index (χ0v) is 13.6. The molecule has 0 spiro atoms. The topological polar surface area (TPSA) is 104 Å². The van der Waals surface area contributed by atoms with E-state index in [-0.39, 0.29) is 5.69 Å². The molecule has 7 nitrogen and oxygen atoms in total. The van der Waals surface area contributed by atoms with Crippen molar-refractivity contribution in [2.75, 3.05) is 5.73 Å². The number of aryl methyl sites for hydroxylation is 2. The Balaban J connectivity index is 0.000000249. The standard InChI is InChI=1S/C10H12N6O.C7H8/c1-15-10(17)16(6-14-15)9-3-2-7(12)4-8(9)13-5-11;1-7-5-3-2-4-6-7/h2-6H,12H2,1H3,(H2,11,13);2-6H,1H3. The van der Waals surface area contributed by atoms with E-state index in [1.54, 1.807) is 25.2 Å². The molecular formula is C17H20N6O. The van der Waals surface area contributed by atoms with E-state index >= 15 is 0 Å². The fraction of sp³-hybridized carbons (Fsp3) is 0.118. The predicted molar refractivity (Wildman–Crippen MR) is 96.7 cm³/mol. The Bertz CT molecular complexity index is 880. The number of rotatable bonds is 2. The molecule has 0 aliphatic rings. The minimum Gasteiger partial charge on any atom is -0.399 e. The molecule has 1 aromatic heterocycles. The maximum Gasteiger partial charge on any atom is 0.350 e. The van der Waals surface area contributed by atoms with Gasteiger partial charge >= 0.3 is 5.69 Å². The summed E-state index contributed by atoms with van der Waals surface area (Å²) in [4.78, 5) is 15.7. The van der Waals surface area contributed by atoms with Crippen LogP contribution in [0.25, 0.3) is 5.69 Å². The van der Waals surface area contributed by atoms with Gasteiger partial charge in [0.25, 0.3) is 0 Å². The Hall–Kier alpha value is -3.35. The highest BCUT2D eigenvalue weighted by atomic mass is 16.2. The maximum atomic E-state index is 11.8. The second-order valence-corrected chi connectivity index (χ2v) is 5.09. The van der Waals surface area contributed by atoms with Crippen molar-refractivity contribution >= 4 is 17.7 Å². The molecule has 0 aliphatic heterocycles. The van der Waals surface area contributed by atoms with Crippen molar-refractivity contribution in [2.45, 2.75) is 6.92 Å². The summed E-state index contributed by atoms with van der Waals surface area (Å²) in [6.07, 6.45) is 2.57. The Labute approximate surface area is 139 Å². The lowest BCUT2D eigenvalue weighted by molar-refractivity contribution is 0.726. The first-order valence-corrected chi connectivity index (χ1v) is 7.29. The molecule has 0 saturated carbocycles. The van der Waals surface area contributed by atoms with Crippen molar-refractivity contribution in [1.29, 1.82) is 0 Å². The summed E-state index contributed by atoms with van der Waals surface area (Å²) in [5, 5.41) is 3.87. The molecule has 4 N–H and O–H groups in total. The number of hydrogen-bond donors (Lipinski definition) is 2. The first kappa shape index (κ1) is 17.0. The largest absolute Gasteiger partial charge is 0.399 e. The summed E-state index contributed by atoms with van der Waals surface area (Å²) >= 11 is 0. The number of hydrogen-bond acceptors (Lipinski definition) is 4. The third-order valence-corrected chi connectivity index (χ3v) is 3.24. The maximum absolute atomic E-state index is 11.8. The molecule has 1 heterocycles. The number of aromatic nitrogens is 3. The van der Waals surface area contributed by atoms with Crippen LogP contribution in [0.4, 0.5) is 11.4 Å². The molecule has 0 unspecified atom stereocenters. The van der Waals surface area contributed by atoms with E-state index in [2.05, 4.69) is 29.1 Å². The van der Waals surface area contributed by atoms with Crippen molar-refractivity contribution < 1.29 is 0 Å². The average Bonchev–Trinajstić information content (AvgIpc) is 2.89. The second-order valence-electron chi connectivity index (χ2n) is 5.09. The van der Waals surface area contributed by atoms with Crippen LogP contribution in [0.5, 0.6) is 0 Å². The van der Waals surface area contributed by atoms with Crippen LogP contribution in [0, 0.1) is 6.92 Å². The summed E-state index contributed by atoms with van der Waals surface area (Å²) in [6, 6.07) is 15.3. The molecule has 0 aliphatic carbocycles. The lowest BCUT2D eigenvalue weighted by Crippen LogP contribution is -2.21. The highest BCUT2D eigenvalue weighted by molar-refractivity contribution is 5.69. The van der Waals surface area contributed by atoms with Crippen LogP contribution in [-0.2, 0) is 7.05 Å². The molecule has 0 radical (unpaired) electrons. The van der Waals surface area contributed by atoms with Gasteiger partial charge in [-0.25, -0.2) is 19.0 Å². The van der Waals surface area contributed by atoms with E-state index in [1.807, 2.05) is 18.2 Å². The summed E-state index contributed by atoms with van der Waals surface area (Å²) < 4.78 is 2.61. The minimum atomic E-state index is -0.261. The van der Waals surface area contributed by atoms with Gasteiger partial charge in [0, 0.05) is 12.7 Å². The van der Waals surface area contributed by atoms with Crippen molar-refractivity contribution in [3.63, 3.8) is 0 Å². The van der Waals surface area contributed by atoms with Gasteiger partial charge in [0.15, 0.2) is 0 Å². The van der Waals surface area contributed by atoms with Gasteiger partial charge in [0.1, 0.15) is 6.33 Å². The summed E-state index contributed by atoms with van der Waals surface area (Å²) in [5.41, 5.74) is 13.6. The SMILES string of the molecule is Cc1ccccc1.Cn1ncn(-c2ccc(N)cc2N=CN)c1=O. The lowest BCUT2D eigenvalue weighted by Gasteiger charge is -2.05. The molecular weight excluding hydrogens is 304 g/mol. The Morgan fingerprint density at radius 3 is 2.38 bits per heavy atom.